The second kappa shape index (κ2) is 4.11. The van der Waals surface area contributed by atoms with Crippen LogP contribution in [0.4, 0.5) is 0 Å². The highest BCUT2D eigenvalue weighted by Gasteiger charge is 2.48. The average Bonchev–Trinajstić information content (AvgIpc) is 2.91. The fraction of sp³-hybridized carbons (Fsp3) is 0.562. The predicted molar refractivity (Wildman–Crippen MR) is 70.7 cm³/mol. The topological polar surface area (TPSA) is 37.3 Å². The molecule has 0 radical (unpaired) electrons. The molecule has 2 bridgehead atoms. The van der Waals surface area contributed by atoms with Gasteiger partial charge in [-0.3, -0.25) is 0 Å². The van der Waals surface area contributed by atoms with Crippen LogP contribution in [0.2, 0.25) is 0 Å². The van der Waals surface area contributed by atoms with Crippen LogP contribution in [0.15, 0.2) is 24.3 Å². The number of hydrogen-bond donors (Lipinski definition) is 1. The predicted octanol–water partition coefficient (Wildman–Crippen LogP) is 3.78. The minimum Gasteiger partial charge on any atom is -0.478 e. The highest BCUT2D eigenvalue weighted by atomic mass is 16.4. The fourth-order valence-corrected chi connectivity index (χ4v) is 4.23. The van der Waals surface area contributed by atoms with E-state index < -0.39 is 5.97 Å². The Bertz CT molecular complexity index is 478. The molecular formula is C16H20O2. The Hall–Kier alpha value is -1.31. The summed E-state index contributed by atoms with van der Waals surface area (Å²) in [6.07, 6.45) is 2.59. The molecule has 18 heavy (non-hydrogen) atoms. The molecule has 2 aliphatic carbocycles. The molecule has 3 rings (SSSR count). The molecular weight excluding hydrogens is 224 g/mol. The second-order valence-corrected chi connectivity index (χ2v) is 6.15. The number of carboxylic acid groups (broad SMARTS) is 1. The Labute approximate surface area is 108 Å². The van der Waals surface area contributed by atoms with Gasteiger partial charge in [-0.05, 0) is 60.1 Å². The number of hydrogen-bond acceptors (Lipinski definition) is 1. The second-order valence-electron chi connectivity index (χ2n) is 6.15. The van der Waals surface area contributed by atoms with E-state index in [0.29, 0.717) is 11.5 Å². The van der Waals surface area contributed by atoms with Gasteiger partial charge in [0.1, 0.15) is 0 Å². The maximum atomic E-state index is 11.0. The number of carbonyl (C=O) groups is 1. The van der Waals surface area contributed by atoms with Crippen molar-refractivity contribution in [1.82, 2.24) is 0 Å². The van der Waals surface area contributed by atoms with Gasteiger partial charge in [-0.15, -0.1) is 0 Å². The Morgan fingerprint density at radius 1 is 1.22 bits per heavy atom. The van der Waals surface area contributed by atoms with E-state index >= 15 is 0 Å². The number of rotatable bonds is 2. The van der Waals surface area contributed by atoms with E-state index in [1.807, 2.05) is 12.1 Å². The maximum Gasteiger partial charge on any atom is 0.335 e. The minimum absolute atomic E-state index is 0.427. The molecule has 1 aromatic rings. The Morgan fingerprint density at radius 3 is 2.61 bits per heavy atom. The van der Waals surface area contributed by atoms with E-state index in [1.165, 1.54) is 18.4 Å². The molecule has 0 heterocycles. The summed E-state index contributed by atoms with van der Waals surface area (Å²) in [7, 11) is 0. The van der Waals surface area contributed by atoms with Gasteiger partial charge in [-0.2, -0.15) is 0 Å². The zero-order valence-corrected chi connectivity index (χ0v) is 11.0. The quantitative estimate of drug-likeness (QED) is 0.859. The van der Waals surface area contributed by atoms with Crippen molar-refractivity contribution in [2.45, 2.75) is 32.6 Å². The maximum absolute atomic E-state index is 11.0. The smallest absolute Gasteiger partial charge is 0.335 e. The summed E-state index contributed by atoms with van der Waals surface area (Å²) < 4.78 is 0. The van der Waals surface area contributed by atoms with E-state index in [-0.39, 0.29) is 0 Å². The van der Waals surface area contributed by atoms with Crippen LogP contribution in [-0.4, -0.2) is 11.1 Å². The first kappa shape index (κ1) is 11.8. The van der Waals surface area contributed by atoms with Crippen LogP contribution in [0.25, 0.3) is 0 Å². The van der Waals surface area contributed by atoms with Crippen LogP contribution in [0, 0.1) is 23.7 Å². The van der Waals surface area contributed by atoms with Gasteiger partial charge in [0.25, 0.3) is 0 Å². The normalized spacial score (nSPS) is 38.0. The van der Waals surface area contributed by atoms with E-state index in [1.54, 1.807) is 6.07 Å². The van der Waals surface area contributed by atoms with Crippen molar-refractivity contribution in [2.75, 3.05) is 0 Å². The van der Waals surface area contributed by atoms with Gasteiger partial charge in [0.05, 0.1) is 5.56 Å². The molecule has 5 atom stereocenters. The summed E-state index contributed by atoms with van der Waals surface area (Å²) in [5.41, 5.74) is 1.66. The van der Waals surface area contributed by atoms with Gasteiger partial charge in [0.2, 0.25) is 0 Å². The third-order valence-electron chi connectivity index (χ3n) is 5.46. The monoisotopic (exact) mass is 244 g/mol. The first-order valence-corrected chi connectivity index (χ1v) is 6.91. The summed E-state index contributed by atoms with van der Waals surface area (Å²) in [6, 6.07) is 7.56. The van der Waals surface area contributed by atoms with Gasteiger partial charge in [0, 0.05) is 0 Å². The summed E-state index contributed by atoms with van der Waals surface area (Å²) >= 11 is 0. The van der Waals surface area contributed by atoms with Crippen LogP contribution in [-0.2, 0) is 0 Å². The summed E-state index contributed by atoms with van der Waals surface area (Å²) in [5.74, 6) is 3.00. The molecule has 1 aromatic carbocycles. The first-order valence-electron chi connectivity index (χ1n) is 6.91. The SMILES string of the molecule is CC1C2CC(c3cccc(C(=O)O)c3)C(C2)C1C. The van der Waals surface area contributed by atoms with Crippen molar-refractivity contribution in [3.05, 3.63) is 35.4 Å². The van der Waals surface area contributed by atoms with Crippen LogP contribution < -0.4 is 0 Å². The van der Waals surface area contributed by atoms with E-state index in [0.717, 1.165) is 23.7 Å². The third kappa shape index (κ3) is 1.66. The van der Waals surface area contributed by atoms with Crippen molar-refractivity contribution in [1.29, 1.82) is 0 Å². The Kier molecular flexibility index (Phi) is 2.69. The average molecular weight is 244 g/mol. The highest BCUT2D eigenvalue weighted by molar-refractivity contribution is 5.87. The van der Waals surface area contributed by atoms with Crippen molar-refractivity contribution in [3.63, 3.8) is 0 Å². The Morgan fingerprint density at radius 2 is 2.00 bits per heavy atom. The lowest BCUT2D eigenvalue weighted by atomic mass is 9.73. The van der Waals surface area contributed by atoms with Crippen molar-refractivity contribution < 1.29 is 9.90 Å². The summed E-state index contributed by atoms with van der Waals surface area (Å²) in [6.45, 7) is 4.74. The fourth-order valence-electron chi connectivity index (χ4n) is 4.23. The third-order valence-corrected chi connectivity index (χ3v) is 5.46. The van der Waals surface area contributed by atoms with Crippen molar-refractivity contribution in [3.8, 4) is 0 Å². The van der Waals surface area contributed by atoms with Crippen LogP contribution in [0.1, 0.15) is 48.5 Å². The lowest BCUT2D eigenvalue weighted by molar-refractivity contribution is 0.0696. The molecule has 2 fully saturated rings. The first-order chi connectivity index (χ1) is 8.58. The van der Waals surface area contributed by atoms with Crippen molar-refractivity contribution in [2.24, 2.45) is 23.7 Å². The lowest BCUT2D eigenvalue weighted by Crippen LogP contribution is -2.23. The molecule has 2 aliphatic rings. The molecule has 0 amide bonds. The number of aromatic carboxylic acids is 1. The molecule has 0 aliphatic heterocycles. The molecule has 96 valence electrons. The van der Waals surface area contributed by atoms with Gasteiger partial charge >= 0.3 is 5.97 Å². The van der Waals surface area contributed by atoms with Crippen LogP contribution >= 0.6 is 0 Å². The van der Waals surface area contributed by atoms with Gasteiger partial charge in [0.15, 0.2) is 0 Å². The standard InChI is InChI=1S/C16H20O2/c1-9-10(2)14-7-13(9)8-15(14)11-4-3-5-12(6-11)16(17)18/h3-6,9-10,13-15H,7-8H2,1-2H3,(H,17,18). The van der Waals surface area contributed by atoms with Crippen molar-refractivity contribution >= 4 is 5.97 Å². The minimum atomic E-state index is -0.818. The summed E-state index contributed by atoms with van der Waals surface area (Å²) in [4.78, 5) is 11.0. The van der Waals surface area contributed by atoms with Gasteiger partial charge in [-0.1, -0.05) is 26.0 Å². The highest BCUT2D eigenvalue weighted by Crippen LogP contribution is 2.58. The molecule has 2 nitrogen and oxygen atoms in total. The largest absolute Gasteiger partial charge is 0.478 e. The van der Waals surface area contributed by atoms with E-state index in [9.17, 15) is 4.79 Å². The molecule has 5 unspecified atom stereocenters. The molecule has 0 aromatic heterocycles. The van der Waals surface area contributed by atoms with Gasteiger partial charge < -0.3 is 5.11 Å². The zero-order valence-electron chi connectivity index (χ0n) is 11.0. The van der Waals surface area contributed by atoms with E-state index in [4.69, 9.17) is 5.11 Å². The van der Waals surface area contributed by atoms with Crippen LogP contribution in [0.5, 0.6) is 0 Å². The molecule has 1 N–H and O–H groups in total. The number of fused-ring (bicyclic) bond motifs is 2. The zero-order chi connectivity index (χ0) is 12.9. The molecule has 0 spiro atoms. The number of carboxylic acids is 1. The lowest BCUT2D eigenvalue weighted by Gasteiger charge is -2.32. The molecule has 2 saturated carbocycles. The van der Waals surface area contributed by atoms with Crippen LogP contribution in [0.3, 0.4) is 0 Å². The Balaban J connectivity index is 1.89. The van der Waals surface area contributed by atoms with E-state index in [2.05, 4.69) is 19.9 Å². The molecule has 0 saturated heterocycles. The number of benzene rings is 1. The van der Waals surface area contributed by atoms with Gasteiger partial charge in [-0.25, -0.2) is 4.79 Å². The molecule has 2 heteroatoms. The summed E-state index contributed by atoms with van der Waals surface area (Å²) in [5, 5.41) is 9.08.